The Morgan fingerprint density at radius 1 is 1.56 bits per heavy atom. The first kappa shape index (κ1) is 11.1. The summed E-state index contributed by atoms with van der Waals surface area (Å²) in [6, 6.07) is 5.81. The zero-order valence-electron chi connectivity index (χ0n) is 8.97. The summed E-state index contributed by atoms with van der Waals surface area (Å²) in [6.07, 6.45) is -0.876. The summed E-state index contributed by atoms with van der Waals surface area (Å²) < 4.78 is 5.26. The van der Waals surface area contributed by atoms with Gasteiger partial charge in [-0.1, -0.05) is 6.07 Å². The molecule has 1 amide bonds. The van der Waals surface area contributed by atoms with Crippen LogP contribution in [0.15, 0.2) is 23.1 Å². The van der Waals surface area contributed by atoms with E-state index in [1.54, 1.807) is 18.9 Å². The lowest BCUT2D eigenvalue weighted by molar-refractivity contribution is 0.145. The highest BCUT2D eigenvalue weighted by Crippen LogP contribution is 2.33. The molecule has 0 bridgehead atoms. The van der Waals surface area contributed by atoms with E-state index in [4.69, 9.17) is 9.84 Å². The summed E-state index contributed by atoms with van der Waals surface area (Å²) in [5, 5.41) is 9.03. The molecule has 1 aromatic carbocycles. The quantitative estimate of drug-likeness (QED) is 0.816. The molecule has 0 radical (unpaired) electrons. The van der Waals surface area contributed by atoms with E-state index >= 15 is 0 Å². The van der Waals surface area contributed by atoms with Crippen molar-refractivity contribution < 1.29 is 14.6 Å². The number of ether oxygens (including phenoxy) is 1. The monoisotopic (exact) mass is 239 g/mol. The summed E-state index contributed by atoms with van der Waals surface area (Å²) in [6.45, 7) is 0.958. The molecule has 2 rings (SSSR count). The molecule has 0 fully saturated rings. The van der Waals surface area contributed by atoms with Gasteiger partial charge in [0.15, 0.2) is 0 Å². The maximum Gasteiger partial charge on any atom is 0.407 e. The van der Waals surface area contributed by atoms with Crippen LogP contribution in [0.25, 0.3) is 0 Å². The molecule has 0 atom stereocenters. The van der Waals surface area contributed by atoms with E-state index in [1.807, 2.05) is 18.2 Å². The van der Waals surface area contributed by atoms with Crippen LogP contribution >= 0.6 is 11.8 Å². The lowest BCUT2D eigenvalue weighted by atomic mass is 10.2. The normalized spacial score (nSPS) is 15.2. The van der Waals surface area contributed by atoms with Gasteiger partial charge in [0.05, 0.1) is 13.7 Å². The van der Waals surface area contributed by atoms with E-state index in [2.05, 4.69) is 0 Å². The molecule has 0 spiro atoms. The first-order chi connectivity index (χ1) is 7.72. The number of fused-ring (bicyclic) bond motifs is 1. The average molecular weight is 239 g/mol. The van der Waals surface area contributed by atoms with Crippen molar-refractivity contribution in [3.8, 4) is 5.75 Å². The van der Waals surface area contributed by atoms with Crippen molar-refractivity contribution in [3.63, 3.8) is 0 Å². The van der Waals surface area contributed by atoms with E-state index in [9.17, 15) is 4.79 Å². The van der Waals surface area contributed by atoms with E-state index in [0.29, 0.717) is 13.1 Å². The number of thioether (sulfide) groups is 1. The van der Waals surface area contributed by atoms with Gasteiger partial charge in [-0.15, -0.1) is 11.8 Å². The molecule has 1 N–H and O–H groups in total. The topological polar surface area (TPSA) is 49.8 Å². The van der Waals surface area contributed by atoms with Crippen LogP contribution in [0.4, 0.5) is 4.79 Å². The maximum absolute atomic E-state index is 11.0. The summed E-state index contributed by atoms with van der Waals surface area (Å²) in [4.78, 5) is 13.5. The predicted octanol–water partition coefficient (Wildman–Crippen LogP) is 2.28. The van der Waals surface area contributed by atoms with Gasteiger partial charge < -0.3 is 14.7 Å². The molecule has 0 unspecified atom stereocenters. The third-order valence-electron chi connectivity index (χ3n) is 2.55. The number of rotatable bonds is 1. The molecule has 5 heteroatoms. The summed E-state index contributed by atoms with van der Waals surface area (Å²) in [5.74, 6) is 1.55. The molecule has 0 aliphatic carbocycles. The highest BCUT2D eigenvalue weighted by Gasteiger charge is 2.20. The van der Waals surface area contributed by atoms with Crippen LogP contribution in [0, 0.1) is 0 Å². The maximum atomic E-state index is 11.0. The first-order valence-electron chi connectivity index (χ1n) is 4.99. The fraction of sp³-hybridized carbons (Fsp3) is 0.364. The fourth-order valence-electron chi connectivity index (χ4n) is 1.73. The number of hydrogen-bond donors (Lipinski definition) is 1. The highest BCUT2D eigenvalue weighted by atomic mass is 32.2. The number of methoxy groups -OCH3 is 1. The largest absolute Gasteiger partial charge is 0.496 e. The molecule has 0 aromatic heterocycles. The molecule has 0 saturated heterocycles. The molecule has 1 aliphatic heterocycles. The Morgan fingerprint density at radius 3 is 3.06 bits per heavy atom. The minimum atomic E-state index is -0.876. The Kier molecular flexibility index (Phi) is 3.24. The molecule has 86 valence electrons. The Balaban J connectivity index is 2.37. The van der Waals surface area contributed by atoms with E-state index in [-0.39, 0.29) is 0 Å². The molecule has 0 saturated carbocycles. The van der Waals surface area contributed by atoms with Gasteiger partial charge in [-0.3, -0.25) is 0 Å². The third-order valence-corrected chi connectivity index (χ3v) is 3.63. The summed E-state index contributed by atoms with van der Waals surface area (Å²) >= 11 is 1.68. The van der Waals surface area contributed by atoms with Gasteiger partial charge in [-0.2, -0.15) is 0 Å². The summed E-state index contributed by atoms with van der Waals surface area (Å²) in [7, 11) is 1.61. The highest BCUT2D eigenvalue weighted by molar-refractivity contribution is 7.99. The van der Waals surface area contributed by atoms with E-state index in [1.165, 1.54) is 4.90 Å². The molecular weight excluding hydrogens is 226 g/mol. The third kappa shape index (κ3) is 2.09. The van der Waals surface area contributed by atoms with Crippen LogP contribution in [0.3, 0.4) is 0 Å². The molecule has 1 heterocycles. The van der Waals surface area contributed by atoms with Crippen molar-refractivity contribution in [3.05, 3.63) is 23.8 Å². The lowest BCUT2D eigenvalue weighted by Crippen LogP contribution is -2.30. The standard InChI is InChI=1S/C11H13NO3S/c1-15-9-3-2-4-10-8(9)7-12(11(13)14)5-6-16-10/h2-4H,5-7H2,1H3,(H,13,14). The SMILES string of the molecule is COc1cccc2c1CN(C(=O)O)CCS2. The van der Waals surface area contributed by atoms with Crippen molar-refractivity contribution in [2.75, 3.05) is 19.4 Å². The van der Waals surface area contributed by atoms with E-state index < -0.39 is 6.09 Å². The van der Waals surface area contributed by atoms with Crippen molar-refractivity contribution in [1.29, 1.82) is 0 Å². The predicted molar refractivity (Wildman–Crippen MR) is 62.2 cm³/mol. The number of carboxylic acid groups (broad SMARTS) is 1. The number of amides is 1. The molecule has 4 nitrogen and oxygen atoms in total. The van der Waals surface area contributed by atoms with Crippen LogP contribution in [-0.4, -0.2) is 35.5 Å². The van der Waals surface area contributed by atoms with Crippen LogP contribution in [0.5, 0.6) is 5.75 Å². The minimum Gasteiger partial charge on any atom is -0.496 e. The smallest absolute Gasteiger partial charge is 0.407 e. The fourth-order valence-corrected chi connectivity index (χ4v) is 2.77. The van der Waals surface area contributed by atoms with Gasteiger partial charge in [-0.05, 0) is 12.1 Å². The Morgan fingerprint density at radius 2 is 2.38 bits per heavy atom. The summed E-state index contributed by atoms with van der Waals surface area (Å²) in [5.41, 5.74) is 0.968. The van der Waals surface area contributed by atoms with Gasteiger partial charge in [0.2, 0.25) is 0 Å². The lowest BCUT2D eigenvalue weighted by Gasteiger charge is -2.17. The van der Waals surface area contributed by atoms with Gasteiger partial charge >= 0.3 is 6.09 Å². The van der Waals surface area contributed by atoms with Gasteiger partial charge in [0, 0.05) is 22.8 Å². The van der Waals surface area contributed by atoms with Crippen LogP contribution < -0.4 is 4.74 Å². The van der Waals surface area contributed by atoms with Crippen LogP contribution in [0.1, 0.15) is 5.56 Å². The Hall–Kier alpha value is -1.36. The van der Waals surface area contributed by atoms with Crippen molar-refractivity contribution in [1.82, 2.24) is 4.90 Å². The second kappa shape index (κ2) is 4.65. The first-order valence-corrected chi connectivity index (χ1v) is 5.97. The number of carbonyl (C=O) groups is 1. The van der Waals surface area contributed by atoms with Gasteiger partial charge in [-0.25, -0.2) is 4.79 Å². The second-order valence-corrected chi connectivity index (χ2v) is 4.63. The molecule has 1 aliphatic rings. The Labute approximate surface area is 98.2 Å². The Bertz CT molecular complexity index is 408. The van der Waals surface area contributed by atoms with Crippen molar-refractivity contribution >= 4 is 17.9 Å². The van der Waals surface area contributed by atoms with Crippen molar-refractivity contribution in [2.24, 2.45) is 0 Å². The average Bonchev–Trinajstić information content (AvgIpc) is 2.50. The number of nitrogens with zero attached hydrogens (tertiary/aromatic N) is 1. The minimum absolute atomic E-state index is 0.404. The zero-order chi connectivity index (χ0) is 11.5. The van der Waals surface area contributed by atoms with Crippen LogP contribution in [0.2, 0.25) is 0 Å². The van der Waals surface area contributed by atoms with Gasteiger partial charge in [0.25, 0.3) is 0 Å². The van der Waals surface area contributed by atoms with Crippen LogP contribution in [-0.2, 0) is 6.54 Å². The molecular formula is C11H13NO3S. The number of benzene rings is 1. The van der Waals surface area contributed by atoms with Gasteiger partial charge in [0.1, 0.15) is 5.75 Å². The van der Waals surface area contributed by atoms with Crippen molar-refractivity contribution in [2.45, 2.75) is 11.4 Å². The zero-order valence-corrected chi connectivity index (χ0v) is 9.79. The number of hydrogen-bond acceptors (Lipinski definition) is 3. The second-order valence-electron chi connectivity index (χ2n) is 3.49. The van der Waals surface area contributed by atoms with E-state index in [0.717, 1.165) is 22.0 Å². The molecule has 16 heavy (non-hydrogen) atoms. The molecule has 1 aromatic rings.